The van der Waals surface area contributed by atoms with E-state index in [9.17, 15) is 4.57 Å². The Morgan fingerprint density at radius 1 is 1.67 bits per heavy atom. The summed E-state index contributed by atoms with van der Waals surface area (Å²) in [5.74, 6) is 0. The largest absolute Gasteiger partial charge is 0.518 e. The predicted octanol–water partition coefficient (Wildman–Crippen LogP) is 2.94. The van der Waals surface area contributed by atoms with Crippen LogP contribution in [0.5, 0.6) is 0 Å². The van der Waals surface area contributed by atoms with Crippen molar-refractivity contribution in [2.45, 2.75) is 19.8 Å². The van der Waals surface area contributed by atoms with Crippen LogP contribution in [0.3, 0.4) is 0 Å². The summed E-state index contributed by atoms with van der Waals surface area (Å²) in [5.41, 5.74) is 0. The molecule has 54 valence electrons. The van der Waals surface area contributed by atoms with E-state index in [0.717, 1.165) is 12.8 Å². The van der Waals surface area contributed by atoms with Crippen molar-refractivity contribution in [3.05, 3.63) is 0 Å². The highest BCUT2D eigenvalue weighted by Crippen LogP contribution is 2.24. The summed E-state index contributed by atoms with van der Waals surface area (Å²) < 4.78 is 16.1. The van der Waals surface area contributed by atoms with Crippen LogP contribution in [-0.2, 0) is 9.09 Å². The Morgan fingerprint density at radius 2 is 2.33 bits per heavy atom. The number of hydrogen-bond donors (Lipinski definition) is 0. The second kappa shape index (κ2) is 6.90. The molecule has 0 aliphatic rings. The minimum absolute atomic E-state index is 0.608. The molecule has 0 radical (unpaired) electrons. The van der Waals surface area contributed by atoms with Gasteiger partial charge in [-0.2, -0.15) is 0 Å². The molecule has 0 aliphatic carbocycles. The first-order valence-electron chi connectivity index (χ1n) is 2.94. The molecule has 0 aromatic rings. The van der Waals surface area contributed by atoms with Gasteiger partial charge in [0.15, 0.2) is 0 Å². The summed E-state index contributed by atoms with van der Waals surface area (Å²) in [5, 5.41) is 0. The highest BCUT2D eigenvalue weighted by Gasteiger charge is 2.12. The van der Waals surface area contributed by atoms with Gasteiger partial charge in [-0.15, -0.1) is 4.52 Å². The van der Waals surface area contributed by atoms with Gasteiger partial charge in [-0.3, -0.25) is 0 Å². The third kappa shape index (κ3) is 6.68. The van der Waals surface area contributed by atoms with Gasteiger partial charge in [-0.05, 0) is 33.6 Å². The molecule has 0 aromatic heterocycles. The standard InChI is InChI=1S/C5H11IO2P/c1-2-3-4-8-9(7)5-6/h2-5H2,1H3/q+1. The summed E-state index contributed by atoms with van der Waals surface area (Å²) in [6.45, 7) is 2.73. The van der Waals surface area contributed by atoms with Gasteiger partial charge in [0.05, 0.1) is 0 Å². The van der Waals surface area contributed by atoms with Crippen molar-refractivity contribution in [1.29, 1.82) is 0 Å². The van der Waals surface area contributed by atoms with E-state index in [2.05, 4.69) is 29.5 Å². The zero-order chi connectivity index (χ0) is 7.11. The molecule has 4 heteroatoms. The van der Waals surface area contributed by atoms with Crippen LogP contribution in [0.25, 0.3) is 0 Å². The highest BCUT2D eigenvalue weighted by atomic mass is 127. The highest BCUT2D eigenvalue weighted by molar-refractivity contribution is 14.1. The summed E-state index contributed by atoms with van der Waals surface area (Å²) in [7, 11) is -1.35. The Hall–Kier alpha value is 0.790. The van der Waals surface area contributed by atoms with Crippen LogP contribution in [0.4, 0.5) is 0 Å². The third-order valence-corrected chi connectivity index (χ3v) is 3.17. The van der Waals surface area contributed by atoms with Gasteiger partial charge in [0.1, 0.15) is 6.61 Å². The lowest BCUT2D eigenvalue weighted by molar-refractivity contribution is 0.324. The maximum atomic E-state index is 10.6. The molecule has 0 bridgehead atoms. The minimum Gasteiger partial charge on any atom is -0.146 e. The average molecular weight is 261 g/mol. The Kier molecular flexibility index (Phi) is 7.51. The van der Waals surface area contributed by atoms with Crippen molar-refractivity contribution in [2.75, 3.05) is 10.8 Å². The van der Waals surface area contributed by atoms with Crippen LogP contribution in [0.2, 0.25) is 0 Å². The number of unbranched alkanes of at least 4 members (excludes halogenated alkanes) is 1. The topological polar surface area (TPSA) is 26.3 Å². The van der Waals surface area contributed by atoms with Crippen LogP contribution in [0.1, 0.15) is 19.8 Å². The normalized spacial score (nSPS) is 11.6. The molecule has 2 nitrogen and oxygen atoms in total. The van der Waals surface area contributed by atoms with Gasteiger partial charge in [0.25, 0.3) is 0 Å². The van der Waals surface area contributed by atoms with Gasteiger partial charge in [0, 0.05) is 0 Å². The first kappa shape index (κ1) is 9.79. The number of rotatable bonds is 5. The van der Waals surface area contributed by atoms with Crippen molar-refractivity contribution in [1.82, 2.24) is 0 Å². The minimum atomic E-state index is -1.35. The monoisotopic (exact) mass is 261 g/mol. The quantitative estimate of drug-likeness (QED) is 0.329. The molecular formula is C5H11IO2P+. The Balaban J connectivity index is 2.97. The molecule has 0 heterocycles. The number of hydrogen-bond acceptors (Lipinski definition) is 2. The SMILES string of the molecule is CCCCO[P+](=O)CI. The molecule has 0 amide bonds. The molecule has 0 spiro atoms. The van der Waals surface area contributed by atoms with E-state index in [1.165, 1.54) is 0 Å². The Morgan fingerprint density at radius 3 is 2.78 bits per heavy atom. The van der Waals surface area contributed by atoms with Gasteiger partial charge >= 0.3 is 8.03 Å². The first-order valence-corrected chi connectivity index (χ1v) is 5.83. The smallest absolute Gasteiger partial charge is 0.146 e. The molecule has 0 fully saturated rings. The van der Waals surface area contributed by atoms with E-state index in [1.54, 1.807) is 0 Å². The number of halogens is 1. The van der Waals surface area contributed by atoms with E-state index >= 15 is 0 Å². The maximum Gasteiger partial charge on any atom is 0.518 e. The average Bonchev–Trinajstić information content (AvgIpc) is 1.89. The second-order valence-corrected chi connectivity index (χ2v) is 4.85. The van der Waals surface area contributed by atoms with Gasteiger partial charge in [0.2, 0.25) is 4.17 Å². The summed E-state index contributed by atoms with van der Waals surface area (Å²) in [6.07, 6.45) is 2.11. The fraction of sp³-hybridized carbons (Fsp3) is 1.00. The van der Waals surface area contributed by atoms with Crippen LogP contribution in [0.15, 0.2) is 0 Å². The fourth-order valence-corrected chi connectivity index (χ4v) is 1.34. The molecular weight excluding hydrogens is 250 g/mol. The molecule has 0 N–H and O–H groups in total. The predicted molar refractivity (Wildman–Crippen MR) is 47.4 cm³/mol. The lowest BCUT2D eigenvalue weighted by Gasteiger charge is -1.85. The summed E-state index contributed by atoms with van der Waals surface area (Å²) >= 11 is 2.06. The van der Waals surface area contributed by atoms with Crippen LogP contribution in [0, 0.1) is 0 Å². The molecule has 1 unspecified atom stereocenters. The second-order valence-electron chi connectivity index (χ2n) is 1.64. The lowest BCUT2D eigenvalue weighted by Crippen LogP contribution is -1.84. The third-order valence-electron chi connectivity index (χ3n) is 0.831. The van der Waals surface area contributed by atoms with E-state index in [4.69, 9.17) is 4.52 Å². The van der Waals surface area contributed by atoms with Crippen LogP contribution < -0.4 is 0 Å². The first-order chi connectivity index (χ1) is 4.31. The van der Waals surface area contributed by atoms with Gasteiger partial charge in [-0.25, -0.2) is 0 Å². The van der Waals surface area contributed by atoms with Crippen LogP contribution >= 0.6 is 30.6 Å². The maximum absolute atomic E-state index is 10.6. The van der Waals surface area contributed by atoms with Crippen molar-refractivity contribution < 1.29 is 9.09 Å². The molecule has 0 aliphatic heterocycles. The van der Waals surface area contributed by atoms with E-state index in [-0.39, 0.29) is 0 Å². The fourth-order valence-electron chi connectivity index (χ4n) is 0.345. The molecule has 0 saturated carbocycles. The van der Waals surface area contributed by atoms with Crippen molar-refractivity contribution in [3.63, 3.8) is 0 Å². The van der Waals surface area contributed by atoms with E-state index in [0.29, 0.717) is 10.8 Å². The zero-order valence-electron chi connectivity index (χ0n) is 5.47. The molecule has 1 atom stereocenters. The molecule has 0 saturated heterocycles. The van der Waals surface area contributed by atoms with Gasteiger partial charge < -0.3 is 0 Å². The van der Waals surface area contributed by atoms with E-state index in [1.807, 2.05) is 0 Å². The van der Waals surface area contributed by atoms with Gasteiger partial charge in [-0.1, -0.05) is 13.3 Å². The van der Waals surface area contributed by atoms with Crippen molar-refractivity contribution in [3.8, 4) is 0 Å². The summed E-state index contributed by atoms with van der Waals surface area (Å²) in [6, 6.07) is 0. The number of alkyl halides is 1. The lowest BCUT2D eigenvalue weighted by atomic mass is 10.4. The molecule has 0 rings (SSSR count). The van der Waals surface area contributed by atoms with Crippen LogP contribution in [-0.4, -0.2) is 10.8 Å². The molecule has 9 heavy (non-hydrogen) atoms. The van der Waals surface area contributed by atoms with E-state index < -0.39 is 8.03 Å². The van der Waals surface area contributed by atoms with Crippen molar-refractivity contribution >= 4 is 30.6 Å². The molecule has 0 aromatic carbocycles. The Bertz CT molecular complexity index is 87.0. The zero-order valence-corrected chi connectivity index (χ0v) is 8.52. The summed E-state index contributed by atoms with van der Waals surface area (Å²) in [4.78, 5) is 0. The Labute approximate surface area is 70.4 Å². The van der Waals surface area contributed by atoms with Crippen molar-refractivity contribution in [2.24, 2.45) is 0 Å².